The average molecular weight is 528 g/mol. The fourth-order valence-corrected chi connectivity index (χ4v) is 5.65. The molecule has 6 rings (SSSR count). The Bertz CT molecular complexity index is 1590. The van der Waals surface area contributed by atoms with Crippen LogP contribution in [0, 0.1) is 0 Å². The van der Waals surface area contributed by atoms with E-state index in [4.69, 9.17) is 23.2 Å². The normalized spacial score (nSPS) is 13.1. The van der Waals surface area contributed by atoms with Crippen molar-refractivity contribution in [3.63, 3.8) is 0 Å². The van der Waals surface area contributed by atoms with Crippen LogP contribution in [0.4, 0.5) is 5.69 Å². The zero-order valence-electron chi connectivity index (χ0n) is 20.6. The molecule has 0 spiro atoms. The predicted octanol–water partition coefficient (Wildman–Crippen LogP) is 8.53. The first-order chi connectivity index (χ1) is 18.0. The van der Waals surface area contributed by atoms with Gasteiger partial charge in [0, 0.05) is 39.6 Å². The van der Waals surface area contributed by atoms with Crippen LogP contribution < -0.4 is 5.32 Å². The lowest BCUT2D eigenvalue weighted by Gasteiger charge is -2.11. The van der Waals surface area contributed by atoms with Crippen LogP contribution >= 0.6 is 23.2 Å². The molecule has 1 amide bonds. The van der Waals surface area contributed by atoms with Gasteiger partial charge in [0.1, 0.15) is 11.3 Å². The number of aromatic nitrogens is 2. The summed E-state index contributed by atoms with van der Waals surface area (Å²) in [6.45, 7) is 3.06. The molecule has 2 aromatic heterocycles. The summed E-state index contributed by atoms with van der Waals surface area (Å²) in [5.74, 6) is -0.140. The van der Waals surface area contributed by atoms with Crippen LogP contribution in [0.2, 0.25) is 10.0 Å². The van der Waals surface area contributed by atoms with Crippen LogP contribution in [0.1, 0.15) is 41.4 Å². The standard InChI is InChI=1S/C31H27Cl2N3O/c1-2-20-6-8-22(9-7-20)28-26-5-3-4-18-35-27(21-10-12-23(32)13-11-21)19-36(31(26)35)29(28)30(37)34-25-16-14-24(33)15-17-25/h6-17,19H,2-5,18H2,1H3,(H,34,37). The molecule has 0 aliphatic carbocycles. The molecule has 0 unspecified atom stereocenters. The maximum absolute atomic E-state index is 14.0. The monoisotopic (exact) mass is 527 g/mol. The number of carbonyl (C=O) groups excluding carboxylic acids is 1. The molecule has 1 aliphatic heterocycles. The Morgan fingerprint density at radius 2 is 1.51 bits per heavy atom. The number of imidazole rings is 1. The zero-order chi connectivity index (χ0) is 25.5. The van der Waals surface area contributed by atoms with E-state index in [1.54, 1.807) is 12.1 Å². The largest absolute Gasteiger partial charge is 0.325 e. The van der Waals surface area contributed by atoms with Gasteiger partial charge in [0.05, 0.1) is 5.69 Å². The maximum Gasteiger partial charge on any atom is 0.273 e. The van der Waals surface area contributed by atoms with Gasteiger partial charge < -0.3 is 9.88 Å². The van der Waals surface area contributed by atoms with Gasteiger partial charge in [0.25, 0.3) is 5.91 Å². The highest BCUT2D eigenvalue weighted by molar-refractivity contribution is 6.31. The van der Waals surface area contributed by atoms with E-state index in [2.05, 4.69) is 51.7 Å². The van der Waals surface area contributed by atoms with Crippen LogP contribution in [0.3, 0.4) is 0 Å². The highest BCUT2D eigenvalue weighted by Gasteiger charge is 2.29. The van der Waals surface area contributed by atoms with Crippen molar-refractivity contribution in [1.29, 1.82) is 0 Å². The summed E-state index contributed by atoms with van der Waals surface area (Å²) in [6, 6.07) is 23.8. The molecular formula is C31H27Cl2N3O. The lowest BCUT2D eigenvalue weighted by atomic mass is 9.96. The summed E-state index contributed by atoms with van der Waals surface area (Å²) in [5, 5.41) is 4.46. The minimum absolute atomic E-state index is 0.140. The Hall–Kier alpha value is -3.47. The molecule has 37 heavy (non-hydrogen) atoms. The molecule has 6 heteroatoms. The van der Waals surface area contributed by atoms with Gasteiger partial charge in [-0.1, -0.05) is 66.5 Å². The SMILES string of the molecule is CCc1ccc(-c2c3c4n(c(-c5ccc(Cl)cc5)cn4c2C(=O)Nc2ccc(Cl)cc2)CCCC3)cc1. The van der Waals surface area contributed by atoms with Gasteiger partial charge in [-0.05, 0) is 78.8 Å². The van der Waals surface area contributed by atoms with Gasteiger partial charge in [-0.3, -0.25) is 9.20 Å². The van der Waals surface area contributed by atoms with E-state index in [1.807, 2.05) is 36.4 Å². The molecule has 3 heterocycles. The topological polar surface area (TPSA) is 38.4 Å². The van der Waals surface area contributed by atoms with Gasteiger partial charge in [-0.25, -0.2) is 0 Å². The second kappa shape index (κ2) is 9.77. The van der Waals surface area contributed by atoms with Gasteiger partial charge in [0.2, 0.25) is 0 Å². The highest BCUT2D eigenvalue weighted by Crippen LogP contribution is 2.40. The first-order valence-corrected chi connectivity index (χ1v) is 13.5. The van der Waals surface area contributed by atoms with Gasteiger partial charge >= 0.3 is 0 Å². The number of amides is 1. The Balaban J connectivity index is 1.59. The van der Waals surface area contributed by atoms with Crippen molar-refractivity contribution in [1.82, 2.24) is 8.97 Å². The summed E-state index contributed by atoms with van der Waals surface area (Å²) in [6.07, 6.45) is 6.16. The maximum atomic E-state index is 14.0. The highest BCUT2D eigenvalue weighted by atomic mass is 35.5. The molecule has 0 bridgehead atoms. The smallest absolute Gasteiger partial charge is 0.273 e. The fraction of sp³-hybridized carbons (Fsp3) is 0.194. The molecule has 186 valence electrons. The molecule has 0 fully saturated rings. The van der Waals surface area contributed by atoms with Gasteiger partial charge in [0.15, 0.2) is 0 Å². The molecule has 0 saturated carbocycles. The molecule has 0 atom stereocenters. The van der Waals surface area contributed by atoms with E-state index in [0.29, 0.717) is 21.4 Å². The van der Waals surface area contributed by atoms with Crippen LogP contribution in [-0.2, 0) is 19.4 Å². The number of nitrogens with zero attached hydrogens (tertiary/aromatic N) is 2. The van der Waals surface area contributed by atoms with Crippen molar-refractivity contribution in [2.75, 3.05) is 5.32 Å². The Labute approximate surface area is 226 Å². The van der Waals surface area contributed by atoms with Crippen molar-refractivity contribution >= 4 is 40.4 Å². The molecule has 4 nitrogen and oxygen atoms in total. The van der Waals surface area contributed by atoms with Gasteiger partial charge in [-0.15, -0.1) is 0 Å². The average Bonchev–Trinajstić information content (AvgIpc) is 3.33. The van der Waals surface area contributed by atoms with Crippen LogP contribution in [-0.4, -0.2) is 14.9 Å². The third kappa shape index (κ3) is 4.35. The Morgan fingerprint density at radius 1 is 0.865 bits per heavy atom. The number of hydrogen-bond donors (Lipinski definition) is 1. The van der Waals surface area contributed by atoms with E-state index in [-0.39, 0.29) is 5.91 Å². The first kappa shape index (κ1) is 23.9. The fourth-order valence-electron chi connectivity index (χ4n) is 5.40. The summed E-state index contributed by atoms with van der Waals surface area (Å²) < 4.78 is 4.47. The summed E-state index contributed by atoms with van der Waals surface area (Å²) in [7, 11) is 0. The van der Waals surface area contributed by atoms with Crippen molar-refractivity contribution in [3.05, 3.63) is 106 Å². The third-order valence-corrected chi connectivity index (χ3v) is 7.75. The molecule has 1 N–H and O–H groups in total. The van der Waals surface area contributed by atoms with E-state index in [9.17, 15) is 4.79 Å². The van der Waals surface area contributed by atoms with Crippen molar-refractivity contribution in [3.8, 4) is 22.4 Å². The molecule has 1 aliphatic rings. The lowest BCUT2D eigenvalue weighted by Crippen LogP contribution is -2.15. The molecule has 0 saturated heterocycles. The Kier molecular flexibility index (Phi) is 6.31. The number of benzene rings is 3. The van der Waals surface area contributed by atoms with E-state index in [0.717, 1.165) is 60.3 Å². The number of anilines is 1. The molecule has 3 aromatic carbocycles. The number of nitrogens with one attached hydrogen (secondary N) is 1. The van der Waals surface area contributed by atoms with Crippen molar-refractivity contribution < 1.29 is 4.79 Å². The van der Waals surface area contributed by atoms with Crippen molar-refractivity contribution in [2.45, 2.75) is 39.2 Å². The predicted molar refractivity (Wildman–Crippen MR) is 153 cm³/mol. The Morgan fingerprint density at radius 3 is 2.19 bits per heavy atom. The third-order valence-electron chi connectivity index (χ3n) is 7.24. The summed E-state index contributed by atoms with van der Waals surface area (Å²) >= 11 is 12.3. The molecular weight excluding hydrogens is 501 g/mol. The second-order valence-corrected chi connectivity index (χ2v) is 10.4. The van der Waals surface area contributed by atoms with Crippen LogP contribution in [0.15, 0.2) is 79.0 Å². The first-order valence-electron chi connectivity index (χ1n) is 12.7. The van der Waals surface area contributed by atoms with E-state index >= 15 is 0 Å². The molecule has 0 radical (unpaired) electrons. The minimum Gasteiger partial charge on any atom is -0.325 e. The summed E-state index contributed by atoms with van der Waals surface area (Å²) in [4.78, 5) is 14.0. The summed E-state index contributed by atoms with van der Waals surface area (Å²) in [5.41, 5.74) is 9.22. The van der Waals surface area contributed by atoms with Crippen LogP contribution in [0.5, 0.6) is 0 Å². The number of carbonyl (C=O) groups is 1. The number of halogens is 2. The number of rotatable bonds is 5. The van der Waals surface area contributed by atoms with E-state index in [1.165, 1.54) is 11.1 Å². The lowest BCUT2D eigenvalue weighted by molar-refractivity contribution is 0.102. The quantitative estimate of drug-likeness (QED) is 0.244. The number of aryl methyl sites for hydroxylation is 3. The van der Waals surface area contributed by atoms with Crippen molar-refractivity contribution in [2.24, 2.45) is 0 Å². The van der Waals surface area contributed by atoms with Crippen LogP contribution in [0.25, 0.3) is 28.0 Å². The zero-order valence-corrected chi connectivity index (χ0v) is 22.1. The second-order valence-electron chi connectivity index (χ2n) is 9.54. The van der Waals surface area contributed by atoms with E-state index < -0.39 is 0 Å². The minimum atomic E-state index is -0.140. The van der Waals surface area contributed by atoms with Gasteiger partial charge in [-0.2, -0.15) is 0 Å². The molecule has 5 aromatic rings. The number of hydrogen-bond acceptors (Lipinski definition) is 1.